The van der Waals surface area contributed by atoms with Gasteiger partial charge < -0.3 is 15.5 Å². The van der Waals surface area contributed by atoms with Crippen LogP contribution in [0.4, 0.5) is 17.1 Å². The van der Waals surface area contributed by atoms with Gasteiger partial charge in [-0.25, -0.2) is 0 Å². The van der Waals surface area contributed by atoms with E-state index in [0.29, 0.717) is 0 Å². The van der Waals surface area contributed by atoms with Crippen molar-refractivity contribution in [1.29, 1.82) is 0 Å². The minimum atomic E-state index is -0.286. The van der Waals surface area contributed by atoms with Crippen LogP contribution < -0.4 is 15.5 Å². The number of rotatable bonds is 5. The number of hydrogen-bond acceptors (Lipinski definition) is 3. The summed E-state index contributed by atoms with van der Waals surface area (Å²) in [5.74, 6) is -0.0128. The number of carbonyl (C=O) groups is 1. The lowest BCUT2D eigenvalue weighted by Crippen LogP contribution is -2.32. The lowest BCUT2D eigenvalue weighted by atomic mass is 10.1. The number of piperidine rings is 1. The molecule has 0 aromatic heterocycles. The molecule has 4 heteroatoms. The third-order valence-electron chi connectivity index (χ3n) is 5.73. The average Bonchev–Trinajstić information content (AvgIpc) is 3.17. The van der Waals surface area contributed by atoms with Gasteiger partial charge in [0.2, 0.25) is 5.91 Å². The van der Waals surface area contributed by atoms with Gasteiger partial charge in [-0.15, -0.1) is 0 Å². The topological polar surface area (TPSA) is 44.4 Å². The highest BCUT2D eigenvalue weighted by Gasteiger charge is 2.16. The fourth-order valence-electron chi connectivity index (χ4n) is 4.14. The highest BCUT2D eigenvalue weighted by molar-refractivity contribution is 5.96. The molecule has 2 aromatic rings. The summed E-state index contributed by atoms with van der Waals surface area (Å²) in [5.41, 5.74) is 5.99. The van der Waals surface area contributed by atoms with Gasteiger partial charge in [0.15, 0.2) is 0 Å². The van der Waals surface area contributed by atoms with E-state index in [-0.39, 0.29) is 11.9 Å². The van der Waals surface area contributed by atoms with Gasteiger partial charge in [-0.3, -0.25) is 4.79 Å². The van der Waals surface area contributed by atoms with Crippen molar-refractivity contribution in [3.05, 3.63) is 53.6 Å². The van der Waals surface area contributed by atoms with Gasteiger partial charge in [-0.05, 0) is 93.0 Å². The molecule has 0 unspecified atom stereocenters. The van der Waals surface area contributed by atoms with Crippen LogP contribution in [0.5, 0.6) is 0 Å². The molecule has 0 bridgehead atoms. The van der Waals surface area contributed by atoms with Crippen LogP contribution in [0.25, 0.3) is 0 Å². The smallest absolute Gasteiger partial charge is 0.246 e. The Morgan fingerprint density at radius 1 is 0.889 bits per heavy atom. The summed E-state index contributed by atoms with van der Waals surface area (Å²) in [6, 6.07) is 14.4. The molecule has 4 rings (SSSR count). The second-order valence-corrected chi connectivity index (χ2v) is 7.79. The van der Waals surface area contributed by atoms with E-state index in [0.717, 1.165) is 30.9 Å². The van der Waals surface area contributed by atoms with Crippen molar-refractivity contribution in [3.8, 4) is 0 Å². The zero-order valence-electron chi connectivity index (χ0n) is 16.1. The molecular weight excluding hydrogens is 334 g/mol. The van der Waals surface area contributed by atoms with Gasteiger partial charge in [0.05, 0.1) is 0 Å². The molecular formula is C23H29N3O. The molecule has 1 aliphatic heterocycles. The normalized spacial score (nSPS) is 17.3. The van der Waals surface area contributed by atoms with Gasteiger partial charge in [0.25, 0.3) is 0 Å². The van der Waals surface area contributed by atoms with Gasteiger partial charge in [-0.2, -0.15) is 0 Å². The largest absolute Gasteiger partial charge is 0.374 e. The SMILES string of the molecule is C[C@H](Nc1ccc2c(c1)CCC2)C(=O)Nc1ccc(N2CCCCC2)cc1. The number of benzene rings is 2. The second kappa shape index (κ2) is 8.03. The van der Waals surface area contributed by atoms with Crippen LogP contribution >= 0.6 is 0 Å². The Labute approximate surface area is 162 Å². The van der Waals surface area contributed by atoms with E-state index in [2.05, 4.69) is 45.9 Å². The number of hydrogen-bond donors (Lipinski definition) is 2. The van der Waals surface area contributed by atoms with Crippen molar-refractivity contribution >= 4 is 23.0 Å². The predicted octanol–water partition coefficient (Wildman–Crippen LogP) is 4.60. The number of nitrogens with zero attached hydrogens (tertiary/aromatic N) is 1. The molecule has 0 radical (unpaired) electrons. The summed E-state index contributed by atoms with van der Waals surface area (Å²) >= 11 is 0. The summed E-state index contributed by atoms with van der Waals surface area (Å²) in [6.07, 6.45) is 7.44. The molecule has 1 heterocycles. The average molecular weight is 364 g/mol. The molecule has 0 spiro atoms. The number of aryl methyl sites for hydroxylation is 2. The summed E-state index contributed by atoms with van der Waals surface area (Å²) in [6.45, 7) is 4.17. The van der Waals surface area contributed by atoms with Gasteiger partial charge >= 0.3 is 0 Å². The van der Waals surface area contributed by atoms with Crippen molar-refractivity contribution in [2.24, 2.45) is 0 Å². The summed E-state index contributed by atoms with van der Waals surface area (Å²) in [4.78, 5) is 15.0. The number of carbonyl (C=O) groups excluding carboxylic acids is 1. The fraction of sp³-hybridized carbons (Fsp3) is 0.435. The lowest BCUT2D eigenvalue weighted by molar-refractivity contribution is -0.116. The molecule has 1 amide bonds. The maximum Gasteiger partial charge on any atom is 0.246 e. The minimum absolute atomic E-state index is 0.0128. The Balaban J connectivity index is 1.34. The summed E-state index contributed by atoms with van der Waals surface area (Å²) in [5, 5.41) is 6.36. The molecule has 2 aliphatic rings. The summed E-state index contributed by atoms with van der Waals surface area (Å²) in [7, 11) is 0. The van der Waals surface area contributed by atoms with Crippen molar-refractivity contribution in [2.75, 3.05) is 28.6 Å². The van der Waals surface area contributed by atoms with E-state index in [1.54, 1.807) is 0 Å². The van der Waals surface area contributed by atoms with Crippen molar-refractivity contribution < 1.29 is 4.79 Å². The molecule has 2 N–H and O–H groups in total. The lowest BCUT2D eigenvalue weighted by Gasteiger charge is -2.28. The van der Waals surface area contributed by atoms with Crippen LogP contribution in [0, 0.1) is 0 Å². The van der Waals surface area contributed by atoms with Crippen LogP contribution in [0.1, 0.15) is 43.7 Å². The number of nitrogens with one attached hydrogen (secondary N) is 2. The first-order chi connectivity index (χ1) is 13.2. The Kier molecular flexibility index (Phi) is 5.33. The van der Waals surface area contributed by atoms with Crippen LogP contribution in [0.3, 0.4) is 0 Å². The molecule has 1 atom stereocenters. The Morgan fingerprint density at radius 2 is 1.59 bits per heavy atom. The molecule has 27 heavy (non-hydrogen) atoms. The van der Waals surface area contributed by atoms with E-state index >= 15 is 0 Å². The van der Waals surface area contributed by atoms with Crippen LogP contribution in [-0.4, -0.2) is 25.0 Å². The molecule has 1 saturated heterocycles. The van der Waals surface area contributed by atoms with E-state index in [1.165, 1.54) is 48.9 Å². The van der Waals surface area contributed by atoms with Crippen LogP contribution in [0.2, 0.25) is 0 Å². The van der Waals surface area contributed by atoms with Gasteiger partial charge in [0, 0.05) is 30.2 Å². The molecule has 2 aromatic carbocycles. The molecule has 1 fully saturated rings. The minimum Gasteiger partial charge on any atom is -0.374 e. The van der Waals surface area contributed by atoms with Crippen molar-refractivity contribution in [3.63, 3.8) is 0 Å². The fourth-order valence-corrected chi connectivity index (χ4v) is 4.14. The highest BCUT2D eigenvalue weighted by atomic mass is 16.2. The Morgan fingerprint density at radius 3 is 2.37 bits per heavy atom. The molecule has 4 nitrogen and oxygen atoms in total. The quantitative estimate of drug-likeness (QED) is 0.816. The first-order valence-electron chi connectivity index (χ1n) is 10.2. The van der Waals surface area contributed by atoms with Crippen molar-refractivity contribution in [1.82, 2.24) is 0 Å². The zero-order valence-corrected chi connectivity index (χ0v) is 16.1. The maximum absolute atomic E-state index is 12.6. The predicted molar refractivity (Wildman–Crippen MR) is 113 cm³/mol. The number of fused-ring (bicyclic) bond motifs is 1. The van der Waals surface area contributed by atoms with Crippen molar-refractivity contribution in [2.45, 2.75) is 51.5 Å². The molecule has 0 saturated carbocycles. The third-order valence-corrected chi connectivity index (χ3v) is 5.73. The molecule has 142 valence electrons. The van der Waals surface area contributed by atoms with Gasteiger partial charge in [-0.1, -0.05) is 6.07 Å². The summed E-state index contributed by atoms with van der Waals surface area (Å²) < 4.78 is 0. The molecule has 1 aliphatic carbocycles. The number of anilines is 3. The third kappa shape index (κ3) is 4.26. The van der Waals surface area contributed by atoms with E-state index in [9.17, 15) is 4.79 Å². The van der Waals surface area contributed by atoms with Crippen LogP contribution in [0.15, 0.2) is 42.5 Å². The monoisotopic (exact) mass is 363 g/mol. The standard InChI is InChI=1S/C23H29N3O/c1-17(24-21-9-8-18-6-5-7-19(18)16-21)23(27)25-20-10-12-22(13-11-20)26-14-3-2-4-15-26/h8-13,16-17,24H,2-7,14-15H2,1H3,(H,25,27)/t17-/m0/s1. The Hall–Kier alpha value is -2.49. The first-order valence-corrected chi connectivity index (χ1v) is 10.2. The second-order valence-electron chi connectivity index (χ2n) is 7.79. The number of amides is 1. The highest BCUT2D eigenvalue weighted by Crippen LogP contribution is 2.25. The maximum atomic E-state index is 12.6. The van der Waals surface area contributed by atoms with E-state index in [4.69, 9.17) is 0 Å². The van der Waals surface area contributed by atoms with E-state index in [1.807, 2.05) is 19.1 Å². The first kappa shape index (κ1) is 17.9. The zero-order chi connectivity index (χ0) is 18.6. The van der Waals surface area contributed by atoms with E-state index < -0.39 is 0 Å². The Bertz CT molecular complexity index is 794. The van der Waals surface area contributed by atoms with Crippen LogP contribution in [-0.2, 0) is 17.6 Å². The van der Waals surface area contributed by atoms with Gasteiger partial charge in [0.1, 0.15) is 6.04 Å².